The zero-order valence-electron chi connectivity index (χ0n) is 17.5. The van der Waals surface area contributed by atoms with Gasteiger partial charge in [0.15, 0.2) is 0 Å². The minimum atomic E-state index is -4.46. The van der Waals surface area contributed by atoms with Crippen LogP contribution in [0.1, 0.15) is 49.4 Å². The second kappa shape index (κ2) is 9.75. The van der Waals surface area contributed by atoms with Gasteiger partial charge in [0.25, 0.3) is 0 Å². The van der Waals surface area contributed by atoms with Gasteiger partial charge in [0.1, 0.15) is 0 Å². The zero-order chi connectivity index (χ0) is 23.4. The van der Waals surface area contributed by atoms with Gasteiger partial charge in [-0.25, -0.2) is 0 Å². The van der Waals surface area contributed by atoms with E-state index in [4.69, 9.17) is 0 Å². The topological polar surface area (TPSA) is 20.3 Å². The second-order valence-corrected chi connectivity index (χ2v) is 8.11. The maximum atomic E-state index is 13.0. The van der Waals surface area contributed by atoms with Crippen molar-refractivity contribution in [2.24, 2.45) is 11.8 Å². The first-order valence-electron chi connectivity index (χ1n) is 9.88. The van der Waals surface area contributed by atoms with Crippen molar-refractivity contribution >= 4 is 5.91 Å². The van der Waals surface area contributed by atoms with Crippen LogP contribution in [0.5, 0.6) is 0 Å². The molecule has 8 heteroatoms. The molecule has 1 amide bonds. The zero-order valence-corrected chi connectivity index (χ0v) is 17.5. The highest BCUT2D eigenvalue weighted by atomic mass is 19.4. The normalized spacial score (nSPS) is 13.4. The van der Waals surface area contributed by atoms with Gasteiger partial charge in [-0.1, -0.05) is 45.0 Å². The average Bonchev–Trinajstić information content (AvgIpc) is 2.65. The van der Waals surface area contributed by atoms with Crippen LogP contribution in [0.25, 0.3) is 0 Å². The smallest absolute Gasteiger partial charge is 0.334 e. The van der Waals surface area contributed by atoms with E-state index in [1.807, 2.05) is 13.8 Å². The quantitative estimate of drug-likeness (QED) is 0.423. The van der Waals surface area contributed by atoms with Gasteiger partial charge in [-0.3, -0.25) is 4.79 Å². The first kappa shape index (κ1) is 24.8. The summed E-state index contributed by atoms with van der Waals surface area (Å²) in [6.07, 6.45) is -8.30. The molecule has 0 bridgehead atoms. The molecule has 0 aliphatic heterocycles. The van der Waals surface area contributed by atoms with Crippen molar-refractivity contribution in [1.29, 1.82) is 0 Å². The van der Waals surface area contributed by atoms with Crippen LogP contribution in [0.4, 0.5) is 26.3 Å². The molecule has 2 aromatic carbocycles. The van der Waals surface area contributed by atoms with Crippen molar-refractivity contribution < 1.29 is 31.1 Å². The van der Waals surface area contributed by atoms with E-state index in [9.17, 15) is 31.1 Å². The summed E-state index contributed by atoms with van der Waals surface area (Å²) in [7, 11) is 0. The van der Waals surface area contributed by atoms with Crippen LogP contribution < -0.4 is 0 Å². The minimum Gasteiger partial charge on any atom is -0.334 e. The molecule has 0 radical (unpaired) electrons. The highest BCUT2D eigenvalue weighted by molar-refractivity contribution is 5.78. The Morgan fingerprint density at radius 1 is 0.742 bits per heavy atom. The lowest BCUT2D eigenvalue weighted by Gasteiger charge is -2.27. The summed E-state index contributed by atoms with van der Waals surface area (Å²) in [6.45, 7) is 5.83. The van der Waals surface area contributed by atoms with Gasteiger partial charge in [-0.2, -0.15) is 26.3 Å². The van der Waals surface area contributed by atoms with Crippen molar-refractivity contribution in [3.05, 3.63) is 70.8 Å². The number of amides is 1. The van der Waals surface area contributed by atoms with E-state index in [2.05, 4.69) is 0 Å². The number of hydrogen-bond donors (Lipinski definition) is 0. The molecule has 1 unspecified atom stereocenters. The number of carbonyl (C=O) groups excluding carboxylic acids is 1. The predicted molar refractivity (Wildman–Crippen MR) is 106 cm³/mol. The lowest BCUT2D eigenvalue weighted by Crippen LogP contribution is -2.35. The standard InChI is InChI=1S/C23H25F6NO/c1-15(2)12-16(3)21(31)30(13-17-4-8-19(9-5-17)22(24,25)26)14-18-6-10-20(11-7-18)23(27,28)29/h4-11,15-16H,12-14H2,1-3H3. The van der Waals surface area contributed by atoms with Gasteiger partial charge in [0.2, 0.25) is 5.91 Å². The summed E-state index contributed by atoms with van der Waals surface area (Å²) in [4.78, 5) is 14.5. The molecule has 2 rings (SSSR count). The average molecular weight is 445 g/mol. The maximum Gasteiger partial charge on any atom is 0.416 e. The molecule has 0 saturated heterocycles. The van der Waals surface area contributed by atoms with Gasteiger partial charge in [-0.15, -0.1) is 0 Å². The summed E-state index contributed by atoms with van der Waals surface area (Å²) in [5.74, 6) is -0.268. The van der Waals surface area contributed by atoms with Gasteiger partial charge < -0.3 is 4.90 Å². The number of alkyl halides is 6. The van der Waals surface area contributed by atoms with E-state index in [0.717, 1.165) is 24.3 Å². The third kappa shape index (κ3) is 7.29. The van der Waals surface area contributed by atoms with Crippen LogP contribution >= 0.6 is 0 Å². The first-order chi connectivity index (χ1) is 14.3. The number of nitrogens with zero attached hydrogens (tertiary/aromatic N) is 1. The fourth-order valence-electron chi connectivity index (χ4n) is 3.37. The molecule has 0 saturated carbocycles. The van der Waals surface area contributed by atoms with Crippen LogP contribution in [0.15, 0.2) is 48.5 Å². The fraction of sp³-hybridized carbons (Fsp3) is 0.435. The Kier molecular flexibility index (Phi) is 7.78. The Labute approximate surface area is 177 Å². The Hall–Kier alpha value is -2.51. The SMILES string of the molecule is CC(C)CC(C)C(=O)N(Cc1ccc(C(F)(F)F)cc1)Cc1ccc(C(F)(F)F)cc1. The third-order valence-corrected chi connectivity index (χ3v) is 4.87. The second-order valence-electron chi connectivity index (χ2n) is 8.11. The van der Waals surface area contributed by atoms with Crippen molar-refractivity contribution in [3.63, 3.8) is 0 Å². The number of benzene rings is 2. The Balaban J connectivity index is 2.25. The molecule has 0 N–H and O–H groups in total. The van der Waals surface area contributed by atoms with Crippen LogP contribution in [0, 0.1) is 11.8 Å². The lowest BCUT2D eigenvalue weighted by molar-refractivity contribution is -0.138. The molecule has 0 spiro atoms. The summed E-state index contributed by atoms with van der Waals surface area (Å²) in [6, 6.07) is 9.04. The van der Waals surface area contributed by atoms with E-state index in [1.165, 1.54) is 29.2 Å². The molecule has 0 aliphatic carbocycles. The van der Waals surface area contributed by atoms with Crippen LogP contribution in [-0.2, 0) is 30.2 Å². The van der Waals surface area contributed by atoms with E-state index in [1.54, 1.807) is 6.92 Å². The van der Waals surface area contributed by atoms with Gasteiger partial charge >= 0.3 is 12.4 Å². The van der Waals surface area contributed by atoms with Crippen molar-refractivity contribution in [3.8, 4) is 0 Å². The highest BCUT2D eigenvalue weighted by Gasteiger charge is 2.31. The summed E-state index contributed by atoms with van der Waals surface area (Å²) in [5.41, 5.74) is -0.565. The van der Waals surface area contributed by atoms with Crippen LogP contribution in [-0.4, -0.2) is 10.8 Å². The van der Waals surface area contributed by atoms with Gasteiger partial charge in [0.05, 0.1) is 11.1 Å². The van der Waals surface area contributed by atoms with E-state index >= 15 is 0 Å². The minimum absolute atomic E-state index is 0.0560. The molecule has 0 aliphatic rings. The molecule has 31 heavy (non-hydrogen) atoms. The molecule has 2 aromatic rings. The largest absolute Gasteiger partial charge is 0.416 e. The molecule has 170 valence electrons. The van der Waals surface area contributed by atoms with Crippen molar-refractivity contribution in [2.45, 2.75) is 52.6 Å². The highest BCUT2D eigenvalue weighted by Crippen LogP contribution is 2.31. The number of hydrogen-bond acceptors (Lipinski definition) is 1. The predicted octanol–water partition coefficient (Wildman–Crippen LogP) is 6.94. The fourth-order valence-corrected chi connectivity index (χ4v) is 3.37. The Morgan fingerprint density at radius 3 is 1.39 bits per heavy atom. The molecule has 0 aromatic heterocycles. The molecular formula is C23H25F6NO. The maximum absolute atomic E-state index is 13.0. The molecule has 0 heterocycles. The monoisotopic (exact) mass is 445 g/mol. The van der Waals surface area contributed by atoms with Crippen LogP contribution in [0.2, 0.25) is 0 Å². The van der Waals surface area contributed by atoms with E-state index in [-0.39, 0.29) is 30.8 Å². The third-order valence-electron chi connectivity index (χ3n) is 4.87. The van der Waals surface area contributed by atoms with Crippen molar-refractivity contribution in [2.75, 3.05) is 0 Å². The van der Waals surface area contributed by atoms with E-state index < -0.39 is 23.5 Å². The lowest BCUT2D eigenvalue weighted by atomic mass is 9.97. The van der Waals surface area contributed by atoms with Crippen LogP contribution in [0.3, 0.4) is 0 Å². The Morgan fingerprint density at radius 2 is 1.10 bits per heavy atom. The first-order valence-corrected chi connectivity index (χ1v) is 9.88. The molecule has 0 fully saturated rings. The van der Waals surface area contributed by atoms with Gasteiger partial charge in [-0.05, 0) is 47.7 Å². The summed E-state index contributed by atoms with van der Waals surface area (Å²) in [5, 5.41) is 0. The molecule has 2 nitrogen and oxygen atoms in total. The number of rotatable bonds is 7. The van der Waals surface area contributed by atoms with E-state index in [0.29, 0.717) is 17.5 Å². The summed E-state index contributed by atoms with van der Waals surface area (Å²) < 4.78 is 76.8. The number of carbonyl (C=O) groups is 1. The molecule has 1 atom stereocenters. The molecular weight excluding hydrogens is 420 g/mol. The number of halogens is 6. The Bertz CT molecular complexity index is 794. The summed E-state index contributed by atoms with van der Waals surface area (Å²) >= 11 is 0. The van der Waals surface area contributed by atoms with Crippen molar-refractivity contribution in [1.82, 2.24) is 4.90 Å². The van der Waals surface area contributed by atoms with Gasteiger partial charge in [0, 0.05) is 19.0 Å².